The second-order valence-electron chi connectivity index (χ2n) is 6.31. The summed E-state index contributed by atoms with van der Waals surface area (Å²) < 4.78 is 11.3. The number of hydrogen-bond donors (Lipinski definition) is 1. The fourth-order valence-corrected chi connectivity index (χ4v) is 3.90. The highest BCUT2D eigenvalue weighted by Gasteiger charge is 2.38. The molecule has 0 aromatic heterocycles. The maximum Gasteiger partial charge on any atom is 0.119 e. The quantitative estimate of drug-likeness (QED) is 0.923. The van der Waals surface area contributed by atoms with E-state index in [0.717, 1.165) is 25.3 Å². The van der Waals surface area contributed by atoms with Gasteiger partial charge in [0.2, 0.25) is 0 Å². The van der Waals surface area contributed by atoms with Crippen molar-refractivity contribution in [2.75, 3.05) is 27.2 Å². The van der Waals surface area contributed by atoms with E-state index in [-0.39, 0.29) is 0 Å². The molecule has 3 rings (SSSR count). The number of nitrogens with zero attached hydrogens (tertiary/aromatic N) is 1. The van der Waals surface area contributed by atoms with Crippen LogP contribution in [0, 0.1) is 0 Å². The van der Waals surface area contributed by atoms with E-state index in [1.165, 1.54) is 11.1 Å². The Bertz CT molecular complexity index is 496. The monoisotopic (exact) mass is 290 g/mol. The molecule has 4 heteroatoms. The molecule has 21 heavy (non-hydrogen) atoms. The first-order valence-corrected chi connectivity index (χ1v) is 7.86. The van der Waals surface area contributed by atoms with Gasteiger partial charge in [0.05, 0.1) is 19.3 Å². The third-order valence-electron chi connectivity index (χ3n) is 4.73. The highest BCUT2D eigenvalue weighted by atomic mass is 16.5. The number of hydrogen-bond acceptors (Lipinski definition) is 4. The van der Waals surface area contributed by atoms with Crippen LogP contribution in [0.2, 0.25) is 0 Å². The van der Waals surface area contributed by atoms with Crippen molar-refractivity contribution >= 4 is 0 Å². The van der Waals surface area contributed by atoms with Gasteiger partial charge < -0.3 is 14.8 Å². The van der Waals surface area contributed by atoms with Gasteiger partial charge in [0.25, 0.3) is 0 Å². The molecule has 1 heterocycles. The SMILES string of the molecule is CNC1c2cc(OC)ccc2CC1N1C[C@@H](C)O[C@@H](C)C1. The summed E-state index contributed by atoms with van der Waals surface area (Å²) in [7, 11) is 3.79. The summed E-state index contributed by atoms with van der Waals surface area (Å²) in [5, 5.41) is 3.51. The lowest BCUT2D eigenvalue weighted by Crippen LogP contribution is -2.52. The van der Waals surface area contributed by atoms with Crippen molar-refractivity contribution in [1.82, 2.24) is 10.2 Å². The molecular weight excluding hydrogens is 264 g/mol. The van der Waals surface area contributed by atoms with Gasteiger partial charge in [-0.1, -0.05) is 6.07 Å². The van der Waals surface area contributed by atoms with Gasteiger partial charge in [0.15, 0.2) is 0 Å². The Balaban J connectivity index is 1.84. The summed E-state index contributed by atoms with van der Waals surface area (Å²) >= 11 is 0. The van der Waals surface area contributed by atoms with Gasteiger partial charge in [-0.3, -0.25) is 4.90 Å². The Labute approximate surface area is 127 Å². The van der Waals surface area contributed by atoms with Crippen LogP contribution in [0.3, 0.4) is 0 Å². The minimum absolute atomic E-state index is 0.310. The van der Waals surface area contributed by atoms with Crippen LogP contribution in [-0.2, 0) is 11.2 Å². The summed E-state index contributed by atoms with van der Waals surface area (Å²) in [6.07, 6.45) is 1.72. The zero-order valence-corrected chi connectivity index (χ0v) is 13.4. The number of morpholine rings is 1. The predicted octanol–water partition coefficient (Wildman–Crippen LogP) is 1.99. The molecule has 4 atom stereocenters. The fourth-order valence-electron chi connectivity index (χ4n) is 3.90. The minimum Gasteiger partial charge on any atom is -0.497 e. The average Bonchev–Trinajstić information content (AvgIpc) is 2.83. The lowest BCUT2D eigenvalue weighted by atomic mass is 10.0. The maximum absolute atomic E-state index is 5.88. The Kier molecular flexibility index (Phi) is 4.20. The Morgan fingerprint density at radius 2 is 1.95 bits per heavy atom. The van der Waals surface area contributed by atoms with Crippen molar-refractivity contribution in [3.05, 3.63) is 29.3 Å². The van der Waals surface area contributed by atoms with Gasteiger partial charge in [-0.2, -0.15) is 0 Å². The Morgan fingerprint density at radius 1 is 1.24 bits per heavy atom. The van der Waals surface area contributed by atoms with Gasteiger partial charge >= 0.3 is 0 Å². The minimum atomic E-state index is 0.310. The van der Waals surface area contributed by atoms with Crippen LogP contribution in [0.5, 0.6) is 5.75 Å². The first-order chi connectivity index (χ1) is 10.1. The number of benzene rings is 1. The predicted molar refractivity (Wildman–Crippen MR) is 83.9 cm³/mol. The first kappa shape index (κ1) is 14.8. The van der Waals surface area contributed by atoms with Crippen molar-refractivity contribution in [1.29, 1.82) is 0 Å². The summed E-state index contributed by atoms with van der Waals surface area (Å²) in [5.74, 6) is 0.943. The van der Waals surface area contributed by atoms with Crippen LogP contribution in [0.1, 0.15) is 31.0 Å². The van der Waals surface area contributed by atoms with Crippen LogP contribution in [0.15, 0.2) is 18.2 Å². The van der Waals surface area contributed by atoms with Crippen molar-refractivity contribution in [2.45, 2.75) is 44.6 Å². The number of rotatable bonds is 3. The summed E-state index contributed by atoms with van der Waals surface area (Å²) in [5.41, 5.74) is 2.82. The van der Waals surface area contributed by atoms with Crippen LogP contribution < -0.4 is 10.1 Å². The lowest BCUT2D eigenvalue weighted by molar-refractivity contribution is -0.0828. The molecule has 0 amide bonds. The van der Waals surface area contributed by atoms with Gasteiger partial charge in [-0.05, 0) is 50.6 Å². The molecule has 1 aromatic rings. The molecule has 1 N–H and O–H groups in total. The molecule has 1 aromatic carbocycles. The molecule has 0 spiro atoms. The molecule has 1 fully saturated rings. The highest BCUT2D eigenvalue weighted by molar-refractivity contribution is 5.42. The zero-order valence-electron chi connectivity index (χ0n) is 13.4. The van der Waals surface area contributed by atoms with Crippen molar-refractivity contribution in [3.8, 4) is 5.75 Å². The van der Waals surface area contributed by atoms with E-state index in [4.69, 9.17) is 9.47 Å². The number of fused-ring (bicyclic) bond motifs is 1. The average molecular weight is 290 g/mol. The normalized spacial score (nSPS) is 33.0. The van der Waals surface area contributed by atoms with Gasteiger partial charge in [0, 0.05) is 25.2 Å². The van der Waals surface area contributed by atoms with E-state index in [1.54, 1.807) is 7.11 Å². The van der Waals surface area contributed by atoms with Crippen LogP contribution >= 0.6 is 0 Å². The zero-order chi connectivity index (χ0) is 15.0. The summed E-state index contributed by atoms with van der Waals surface area (Å²) in [4.78, 5) is 2.59. The van der Waals surface area contributed by atoms with E-state index in [2.05, 4.69) is 49.3 Å². The van der Waals surface area contributed by atoms with Crippen LogP contribution in [0.4, 0.5) is 0 Å². The lowest BCUT2D eigenvalue weighted by Gasteiger charge is -2.41. The molecule has 1 aliphatic heterocycles. The third-order valence-corrected chi connectivity index (χ3v) is 4.73. The van der Waals surface area contributed by atoms with Gasteiger partial charge in [0.1, 0.15) is 5.75 Å². The number of nitrogens with one attached hydrogen (secondary N) is 1. The Morgan fingerprint density at radius 3 is 2.57 bits per heavy atom. The van der Waals surface area contributed by atoms with Crippen LogP contribution in [0.25, 0.3) is 0 Å². The van der Waals surface area contributed by atoms with Gasteiger partial charge in [-0.25, -0.2) is 0 Å². The fraction of sp³-hybridized carbons (Fsp3) is 0.647. The second kappa shape index (κ2) is 5.95. The first-order valence-electron chi connectivity index (χ1n) is 7.86. The second-order valence-corrected chi connectivity index (χ2v) is 6.31. The van der Waals surface area contributed by atoms with Crippen LogP contribution in [-0.4, -0.2) is 50.4 Å². The molecule has 1 aliphatic carbocycles. The van der Waals surface area contributed by atoms with Gasteiger partial charge in [-0.15, -0.1) is 0 Å². The molecule has 1 saturated heterocycles. The molecular formula is C17H26N2O2. The van der Waals surface area contributed by atoms with Crippen molar-refractivity contribution in [2.24, 2.45) is 0 Å². The number of ether oxygens (including phenoxy) is 2. The van der Waals surface area contributed by atoms with E-state index < -0.39 is 0 Å². The topological polar surface area (TPSA) is 33.7 Å². The molecule has 0 radical (unpaired) electrons. The van der Waals surface area contributed by atoms with E-state index in [9.17, 15) is 0 Å². The Hall–Kier alpha value is -1.10. The molecule has 2 unspecified atom stereocenters. The van der Waals surface area contributed by atoms with Crippen molar-refractivity contribution in [3.63, 3.8) is 0 Å². The largest absolute Gasteiger partial charge is 0.497 e. The third kappa shape index (κ3) is 2.80. The summed E-state index contributed by atoms with van der Waals surface area (Å²) in [6.45, 7) is 6.36. The van der Waals surface area contributed by atoms with Crippen molar-refractivity contribution < 1.29 is 9.47 Å². The molecule has 4 nitrogen and oxygen atoms in total. The maximum atomic E-state index is 5.88. The molecule has 0 saturated carbocycles. The van der Waals surface area contributed by atoms with E-state index in [0.29, 0.717) is 24.3 Å². The highest BCUT2D eigenvalue weighted by Crippen LogP contribution is 2.37. The molecule has 116 valence electrons. The molecule has 2 aliphatic rings. The molecule has 0 bridgehead atoms. The van der Waals surface area contributed by atoms with E-state index >= 15 is 0 Å². The standard InChI is InChI=1S/C17H26N2O2/c1-11-9-19(10-12(2)21-11)16-7-13-5-6-14(20-4)8-15(13)17(16)18-3/h5-6,8,11-12,16-18H,7,9-10H2,1-4H3/t11-,12+,16?,17?. The summed E-state index contributed by atoms with van der Waals surface area (Å²) in [6, 6.07) is 7.34. The number of methoxy groups -OCH3 is 1. The number of likely N-dealkylation sites (N-methyl/N-ethyl adjacent to an activating group) is 1. The van der Waals surface area contributed by atoms with E-state index in [1.807, 2.05) is 0 Å². The smallest absolute Gasteiger partial charge is 0.119 e.